The van der Waals surface area contributed by atoms with Gasteiger partial charge in [-0.2, -0.15) is 5.10 Å². The molecule has 2 heterocycles. The second-order valence-corrected chi connectivity index (χ2v) is 5.99. The number of carbonyl (C=O) groups is 1. The Morgan fingerprint density at radius 2 is 2.13 bits per heavy atom. The van der Waals surface area contributed by atoms with Crippen LogP contribution in [0.4, 0.5) is 0 Å². The maximum absolute atomic E-state index is 12.5. The van der Waals surface area contributed by atoms with Gasteiger partial charge in [0.2, 0.25) is 0 Å². The highest BCUT2D eigenvalue weighted by Gasteiger charge is 2.24. The van der Waals surface area contributed by atoms with E-state index in [1.807, 2.05) is 24.3 Å². The van der Waals surface area contributed by atoms with E-state index in [0.29, 0.717) is 23.9 Å². The SMILES string of the molecule is COc1ccc(-c2[nH]ncc2C(=O)NC[C@@H]2CNC[C@H]2C)cc1. The van der Waals surface area contributed by atoms with Crippen LogP contribution in [0.1, 0.15) is 17.3 Å². The lowest BCUT2D eigenvalue weighted by Gasteiger charge is -2.14. The number of benzene rings is 1. The number of aromatic amines is 1. The predicted molar refractivity (Wildman–Crippen MR) is 88.4 cm³/mol. The highest BCUT2D eigenvalue weighted by atomic mass is 16.5. The molecule has 1 fully saturated rings. The van der Waals surface area contributed by atoms with Crippen molar-refractivity contribution < 1.29 is 9.53 Å². The molecule has 6 heteroatoms. The van der Waals surface area contributed by atoms with E-state index >= 15 is 0 Å². The van der Waals surface area contributed by atoms with Crippen LogP contribution in [-0.4, -0.2) is 42.8 Å². The fourth-order valence-electron chi connectivity index (χ4n) is 2.89. The molecule has 0 spiro atoms. The summed E-state index contributed by atoms with van der Waals surface area (Å²) in [4.78, 5) is 12.5. The van der Waals surface area contributed by atoms with Crippen LogP contribution in [-0.2, 0) is 0 Å². The van der Waals surface area contributed by atoms with Gasteiger partial charge >= 0.3 is 0 Å². The summed E-state index contributed by atoms with van der Waals surface area (Å²) in [5.41, 5.74) is 2.20. The van der Waals surface area contributed by atoms with Gasteiger partial charge in [0.15, 0.2) is 0 Å². The molecule has 6 nitrogen and oxygen atoms in total. The molecule has 0 radical (unpaired) electrons. The second-order valence-electron chi connectivity index (χ2n) is 5.99. The minimum atomic E-state index is -0.0938. The van der Waals surface area contributed by atoms with E-state index in [-0.39, 0.29) is 5.91 Å². The Hall–Kier alpha value is -2.34. The van der Waals surface area contributed by atoms with Gasteiger partial charge in [0.25, 0.3) is 5.91 Å². The quantitative estimate of drug-likeness (QED) is 0.784. The lowest BCUT2D eigenvalue weighted by atomic mass is 9.98. The Bertz CT molecular complexity index is 665. The summed E-state index contributed by atoms with van der Waals surface area (Å²) in [7, 11) is 1.63. The summed E-state index contributed by atoms with van der Waals surface area (Å²) >= 11 is 0. The van der Waals surface area contributed by atoms with Gasteiger partial charge in [-0.3, -0.25) is 9.89 Å². The Morgan fingerprint density at radius 3 is 2.78 bits per heavy atom. The number of nitrogens with one attached hydrogen (secondary N) is 3. The smallest absolute Gasteiger partial charge is 0.255 e. The van der Waals surface area contributed by atoms with Crippen molar-refractivity contribution in [2.75, 3.05) is 26.7 Å². The molecule has 122 valence electrons. The Kier molecular flexibility index (Phi) is 4.62. The van der Waals surface area contributed by atoms with Gasteiger partial charge < -0.3 is 15.4 Å². The van der Waals surface area contributed by atoms with E-state index in [0.717, 1.165) is 30.1 Å². The van der Waals surface area contributed by atoms with Gasteiger partial charge in [-0.1, -0.05) is 6.92 Å². The third-order valence-electron chi connectivity index (χ3n) is 4.47. The van der Waals surface area contributed by atoms with E-state index in [2.05, 4.69) is 27.8 Å². The first kappa shape index (κ1) is 15.6. The van der Waals surface area contributed by atoms with Crippen LogP contribution in [0.15, 0.2) is 30.5 Å². The van der Waals surface area contributed by atoms with Gasteiger partial charge in [-0.25, -0.2) is 0 Å². The standard InChI is InChI=1S/C17H22N4O2/c1-11-7-18-8-13(11)9-19-17(22)15-10-20-21-16(15)12-3-5-14(23-2)6-4-12/h3-6,10-11,13,18H,7-9H2,1-2H3,(H,19,22)(H,20,21)/t11-,13+/m1/s1. The molecule has 2 atom stereocenters. The number of methoxy groups -OCH3 is 1. The monoisotopic (exact) mass is 314 g/mol. The molecule has 3 rings (SSSR count). The van der Waals surface area contributed by atoms with Crippen molar-refractivity contribution in [3.8, 4) is 17.0 Å². The van der Waals surface area contributed by atoms with Crippen molar-refractivity contribution in [3.63, 3.8) is 0 Å². The first-order valence-electron chi connectivity index (χ1n) is 7.85. The summed E-state index contributed by atoms with van der Waals surface area (Å²) in [6, 6.07) is 7.55. The first-order valence-corrected chi connectivity index (χ1v) is 7.85. The van der Waals surface area contributed by atoms with Crippen LogP contribution in [0.2, 0.25) is 0 Å². The third kappa shape index (κ3) is 3.37. The number of hydrogen-bond acceptors (Lipinski definition) is 4. The number of rotatable bonds is 5. The minimum Gasteiger partial charge on any atom is -0.497 e. The van der Waals surface area contributed by atoms with E-state index in [1.165, 1.54) is 0 Å². The number of amides is 1. The van der Waals surface area contributed by atoms with Gasteiger partial charge in [0, 0.05) is 12.1 Å². The number of hydrogen-bond donors (Lipinski definition) is 3. The first-order chi connectivity index (χ1) is 11.2. The number of H-pyrrole nitrogens is 1. The molecular weight excluding hydrogens is 292 g/mol. The summed E-state index contributed by atoms with van der Waals surface area (Å²) in [6.45, 7) is 4.86. The van der Waals surface area contributed by atoms with Crippen LogP contribution in [0.25, 0.3) is 11.3 Å². The van der Waals surface area contributed by atoms with Crippen LogP contribution in [0, 0.1) is 11.8 Å². The highest BCUT2D eigenvalue weighted by Crippen LogP contribution is 2.24. The average Bonchev–Trinajstić information content (AvgIpc) is 3.22. The van der Waals surface area contributed by atoms with Crippen molar-refractivity contribution >= 4 is 5.91 Å². The van der Waals surface area contributed by atoms with Crippen molar-refractivity contribution in [2.45, 2.75) is 6.92 Å². The van der Waals surface area contributed by atoms with Crippen LogP contribution < -0.4 is 15.4 Å². The second kappa shape index (κ2) is 6.83. The largest absolute Gasteiger partial charge is 0.497 e. The van der Waals surface area contributed by atoms with Gasteiger partial charge in [-0.05, 0) is 49.2 Å². The molecule has 1 amide bonds. The summed E-state index contributed by atoms with van der Waals surface area (Å²) in [6.07, 6.45) is 1.57. The maximum atomic E-state index is 12.5. The fraction of sp³-hybridized carbons (Fsp3) is 0.412. The van der Waals surface area contributed by atoms with Crippen LogP contribution in [0.3, 0.4) is 0 Å². The average molecular weight is 314 g/mol. The molecule has 0 saturated carbocycles. The Balaban J connectivity index is 1.70. The molecule has 1 aliphatic rings. The zero-order chi connectivity index (χ0) is 16.2. The number of ether oxygens (including phenoxy) is 1. The Labute approximate surface area is 135 Å². The van der Waals surface area contributed by atoms with Crippen LogP contribution in [0.5, 0.6) is 5.75 Å². The van der Waals surface area contributed by atoms with E-state index in [4.69, 9.17) is 4.74 Å². The molecule has 0 bridgehead atoms. The molecule has 2 aromatic rings. The number of carbonyl (C=O) groups excluding carboxylic acids is 1. The number of aromatic nitrogens is 2. The molecular formula is C17H22N4O2. The molecule has 1 aromatic heterocycles. The van der Waals surface area contributed by atoms with Crippen molar-refractivity contribution in [1.82, 2.24) is 20.8 Å². The van der Waals surface area contributed by atoms with Gasteiger partial charge in [0.05, 0.1) is 24.6 Å². The predicted octanol–water partition coefficient (Wildman–Crippen LogP) is 1.67. The topological polar surface area (TPSA) is 79.0 Å². The maximum Gasteiger partial charge on any atom is 0.255 e. The Morgan fingerprint density at radius 1 is 1.35 bits per heavy atom. The van der Waals surface area contributed by atoms with Crippen molar-refractivity contribution in [2.24, 2.45) is 11.8 Å². The fourth-order valence-corrected chi connectivity index (χ4v) is 2.89. The van der Waals surface area contributed by atoms with E-state index < -0.39 is 0 Å². The molecule has 0 aliphatic carbocycles. The lowest BCUT2D eigenvalue weighted by Crippen LogP contribution is -2.32. The van der Waals surface area contributed by atoms with Crippen molar-refractivity contribution in [3.05, 3.63) is 36.0 Å². The third-order valence-corrected chi connectivity index (χ3v) is 4.47. The van der Waals surface area contributed by atoms with Crippen LogP contribution >= 0.6 is 0 Å². The van der Waals surface area contributed by atoms with Gasteiger partial charge in [-0.15, -0.1) is 0 Å². The van der Waals surface area contributed by atoms with E-state index in [1.54, 1.807) is 13.3 Å². The molecule has 0 unspecified atom stereocenters. The minimum absolute atomic E-state index is 0.0938. The molecule has 1 aromatic carbocycles. The van der Waals surface area contributed by atoms with E-state index in [9.17, 15) is 4.79 Å². The summed E-state index contributed by atoms with van der Waals surface area (Å²) in [5.74, 6) is 1.75. The zero-order valence-corrected chi connectivity index (χ0v) is 13.4. The normalized spacial score (nSPS) is 20.4. The number of nitrogens with zero attached hydrogens (tertiary/aromatic N) is 1. The molecule has 3 N–H and O–H groups in total. The lowest BCUT2D eigenvalue weighted by molar-refractivity contribution is 0.0946. The molecule has 23 heavy (non-hydrogen) atoms. The summed E-state index contributed by atoms with van der Waals surface area (Å²) < 4.78 is 5.16. The zero-order valence-electron chi connectivity index (χ0n) is 13.4. The van der Waals surface area contributed by atoms with Gasteiger partial charge in [0.1, 0.15) is 5.75 Å². The highest BCUT2D eigenvalue weighted by molar-refractivity contribution is 5.99. The van der Waals surface area contributed by atoms with Crippen molar-refractivity contribution in [1.29, 1.82) is 0 Å². The molecule has 1 saturated heterocycles. The molecule has 1 aliphatic heterocycles. The summed E-state index contributed by atoms with van der Waals surface area (Å²) in [5, 5.41) is 13.3.